The Morgan fingerprint density at radius 2 is 1.90 bits per heavy atom. The van der Waals surface area contributed by atoms with Crippen molar-refractivity contribution in [1.82, 2.24) is 25.2 Å². The molecule has 2 aromatic heterocycles. The van der Waals surface area contributed by atoms with E-state index < -0.39 is 41.5 Å². The predicted molar refractivity (Wildman–Crippen MR) is 151 cm³/mol. The molecule has 2 N–H and O–H groups in total. The smallest absolute Gasteiger partial charge is 0.411 e. The van der Waals surface area contributed by atoms with Crippen molar-refractivity contribution < 1.29 is 33.0 Å². The second-order valence-corrected chi connectivity index (χ2v) is 10.8. The Morgan fingerprint density at radius 3 is 2.60 bits per heavy atom. The van der Waals surface area contributed by atoms with Crippen LogP contribution in [0.5, 0.6) is 5.75 Å². The molecular formula is C28H30ClFN6O6. The molecule has 1 aliphatic rings. The fourth-order valence-electron chi connectivity index (χ4n) is 4.31. The van der Waals surface area contributed by atoms with Crippen LogP contribution in [0.15, 0.2) is 42.9 Å². The van der Waals surface area contributed by atoms with Gasteiger partial charge in [0, 0.05) is 36.4 Å². The number of likely N-dealkylation sites (tertiary alicyclic amines) is 1. The van der Waals surface area contributed by atoms with Gasteiger partial charge in [0.25, 0.3) is 5.91 Å². The summed E-state index contributed by atoms with van der Waals surface area (Å²) in [7, 11) is 2.64. The number of halogens is 2. The van der Waals surface area contributed by atoms with Gasteiger partial charge in [-0.3, -0.25) is 14.7 Å². The molecule has 0 saturated carbocycles. The molecule has 42 heavy (non-hydrogen) atoms. The van der Waals surface area contributed by atoms with E-state index in [1.165, 1.54) is 55.9 Å². The van der Waals surface area contributed by atoms with Crippen molar-refractivity contribution in [3.8, 4) is 17.1 Å². The summed E-state index contributed by atoms with van der Waals surface area (Å²) in [6.07, 6.45) is 3.61. The van der Waals surface area contributed by atoms with E-state index in [4.69, 9.17) is 25.8 Å². The average Bonchev–Trinajstić information content (AvgIpc) is 3.37. The zero-order valence-electron chi connectivity index (χ0n) is 23.6. The van der Waals surface area contributed by atoms with Gasteiger partial charge in [0.2, 0.25) is 0 Å². The van der Waals surface area contributed by atoms with E-state index in [0.717, 1.165) is 0 Å². The van der Waals surface area contributed by atoms with Crippen molar-refractivity contribution in [2.45, 2.75) is 44.9 Å². The van der Waals surface area contributed by atoms with Crippen molar-refractivity contribution in [2.75, 3.05) is 26.1 Å². The molecule has 0 spiro atoms. The number of nitrogens with one attached hydrogen (secondary N) is 2. The van der Waals surface area contributed by atoms with Crippen LogP contribution in [0, 0.1) is 5.82 Å². The first-order chi connectivity index (χ1) is 19.9. The largest absolute Gasteiger partial charge is 0.491 e. The first-order valence-electron chi connectivity index (χ1n) is 12.9. The first-order valence-corrected chi connectivity index (χ1v) is 13.2. The van der Waals surface area contributed by atoms with Gasteiger partial charge in [0.05, 0.1) is 37.2 Å². The Morgan fingerprint density at radius 1 is 1.14 bits per heavy atom. The molecule has 2 unspecified atom stereocenters. The van der Waals surface area contributed by atoms with Crippen LogP contribution in [0.25, 0.3) is 11.4 Å². The first kappa shape index (κ1) is 30.4. The Labute approximate surface area is 246 Å². The molecule has 1 aliphatic heterocycles. The van der Waals surface area contributed by atoms with E-state index in [0.29, 0.717) is 10.7 Å². The van der Waals surface area contributed by atoms with Gasteiger partial charge in [-0.1, -0.05) is 11.6 Å². The fraction of sp³-hybridized carbons (Fsp3) is 0.357. The Hall–Kier alpha value is -4.52. The number of carbonyl (C=O) groups excluding carboxylic acids is 3. The lowest BCUT2D eigenvalue weighted by atomic mass is 10.1. The number of rotatable bonds is 7. The maximum Gasteiger partial charge on any atom is 0.411 e. The highest BCUT2D eigenvalue weighted by atomic mass is 35.5. The molecule has 2 amide bonds. The lowest BCUT2D eigenvalue weighted by Gasteiger charge is -2.27. The number of carbonyl (C=O) groups is 3. The van der Waals surface area contributed by atoms with Crippen molar-refractivity contribution in [3.63, 3.8) is 0 Å². The minimum Gasteiger partial charge on any atom is -0.491 e. The molecule has 14 heteroatoms. The van der Waals surface area contributed by atoms with E-state index in [1.54, 1.807) is 26.8 Å². The third-order valence-corrected chi connectivity index (χ3v) is 6.44. The number of anilines is 2. The van der Waals surface area contributed by atoms with Crippen LogP contribution in [-0.2, 0) is 14.3 Å². The standard InChI is InChI=1S/C28H30ClFN6O6/c1-28(2,3)42-27(39)36-14-16(11-21(36)26(38)41-5)33-25(37)18-12-31-9-8-20(18)34-24-22(40-4)13-32-23(35-24)17-10-15(29)6-7-19(17)30/h6-10,12-13,16,21H,11,14H2,1-5H3,(H,33,37)(H,31,32,34,35). The zero-order valence-corrected chi connectivity index (χ0v) is 24.4. The Balaban J connectivity index is 1.57. The monoisotopic (exact) mass is 600 g/mol. The zero-order chi connectivity index (χ0) is 30.6. The highest BCUT2D eigenvalue weighted by Gasteiger charge is 2.43. The van der Waals surface area contributed by atoms with Gasteiger partial charge >= 0.3 is 12.1 Å². The molecule has 0 bridgehead atoms. The summed E-state index contributed by atoms with van der Waals surface area (Å²) in [5, 5.41) is 6.20. The normalized spacial score (nSPS) is 16.5. The number of aromatic nitrogens is 3. The van der Waals surface area contributed by atoms with Gasteiger partial charge in [-0.05, 0) is 45.0 Å². The number of methoxy groups -OCH3 is 2. The molecular weight excluding hydrogens is 571 g/mol. The fourth-order valence-corrected chi connectivity index (χ4v) is 4.48. The van der Waals surface area contributed by atoms with Crippen LogP contribution in [-0.4, -0.2) is 76.3 Å². The number of ether oxygens (including phenoxy) is 3. The minimum atomic E-state index is -0.933. The highest BCUT2D eigenvalue weighted by molar-refractivity contribution is 6.30. The summed E-state index contributed by atoms with van der Waals surface area (Å²) in [5.74, 6) is -1.29. The summed E-state index contributed by atoms with van der Waals surface area (Å²) in [6.45, 7) is 5.17. The van der Waals surface area contributed by atoms with E-state index in [-0.39, 0.29) is 41.5 Å². The van der Waals surface area contributed by atoms with Crippen molar-refractivity contribution >= 4 is 41.1 Å². The Kier molecular flexibility index (Phi) is 9.10. The molecule has 1 fully saturated rings. The van der Waals surface area contributed by atoms with E-state index in [9.17, 15) is 18.8 Å². The number of pyridine rings is 1. The molecule has 0 radical (unpaired) electrons. The van der Waals surface area contributed by atoms with E-state index in [1.807, 2.05) is 0 Å². The second kappa shape index (κ2) is 12.6. The molecule has 4 rings (SSSR count). The predicted octanol–water partition coefficient (Wildman–Crippen LogP) is 4.36. The quantitative estimate of drug-likeness (QED) is 0.375. The maximum atomic E-state index is 14.5. The maximum absolute atomic E-state index is 14.5. The minimum absolute atomic E-state index is 0.0255. The molecule has 2 atom stereocenters. The van der Waals surface area contributed by atoms with Crippen LogP contribution < -0.4 is 15.4 Å². The van der Waals surface area contributed by atoms with Gasteiger partial charge in [-0.15, -0.1) is 0 Å². The summed E-state index contributed by atoms with van der Waals surface area (Å²) in [4.78, 5) is 52.5. The molecule has 0 aliphatic carbocycles. The lowest BCUT2D eigenvalue weighted by molar-refractivity contribution is -0.145. The van der Waals surface area contributed by atoms with Gasteiger partial charge < -0.3 is 24.8 Å². The summed E-state index contributed by atoms with van der Waals surface area (Å²) < 4.78 is 30.2. The van der Waals surface area contributed by atoms with E-state index in [2.05, 4.69) is 25.6 Å². The van der Waals surface area contributed by atoms with Gasteiger partial charge in [0.1, 0.15) is 17.5 Å². The number of nitrogens with zero attached hydrogens (tertiary/aromatic N) is 4. The Bertz CT molecular complexity index is 1500. The SMILES string of the molecule is COC(=O)C1CC(NC(=O)c2cnccc2Nc2nc(-c3cc(Cl)ccc3F)ncc2OC)CN1C(=O)OC(C)(C)C. The highest BCUT2D eigenvalue weighted by Crippen LogP contribution is 2.31. The van der Waals surface area contributed by atoms with Gasteiger partial charge in [0.15, 0.2) is 17.4 Å². The molecule has 222 valence electrons. The van der Waals surface area contributed by atoms with Crippen molar-refractivity contribution in [2.24, 2.45) is 0 Å². The van der Waals surface area contributed by atoms with Crippen molar-refractivity contribution in [1.29, 1.82) is 0 Å². The van der Waals surface area contributed by atoms with E-state index >= 15 is 0 Å². The van der Waals surface area contributed by atoms with Crippen LogP contribution in [0.4, 0.5) is 20.7 Å². The van der Waals surface area contributed by atoms with Gasteiger partial charge in [-0.25, -0.2) is 23.9 Å². The number of hydrogen-bond donors (Lipinski definition) is 2. The van der Waals surface area contributed by atoms with Crippen LogP contribution >= 0.6 is 11.6 Å². The van der Waals surface area contributed by atoms with Crippen LogP contribution in [0.3, 0.4) is 0 Å². The molecule has 1 saturated heterocycles. The lowest BCUT2D eigenvalue weighted by Crippen LogP contribution is -2.44. The average molecular weight is 601 g/mol. The summed E-state index contributed by atoms with van der Waals surface area (Å²) in [5.41, 5.74) is -0.255. The molecule has 12 nitrogen and oxygen atoms in total. The van der Waals surface area contributed by atoms with Gasteiger partial charge in [-0.2, -0.15) is 0 Å². The van der Waals surface area contributed by atoms with Crippen LogP contribution in [0.2, 0.25) is 5.02 Å². The summed E-state index contributed by atoms with van der Waals surface area (Å²) >= 11 is 6.04. The molecule has 3 aromatic rings. The van der Waals surface area contributed by atoms with Crippen LogP contribution in [0.1, 0.15) is 37.6 Å². The molecule has 3 heterocycles. The topological polar surface area (TPSA) is 145 Å². The second-order valence-electron chi connectivity index (χ2n) is 10.4. The number of esters is 1. The van der Waals surface area contributed by atoms with Crippen molar-refractivity contribution in [3.05, 3.63) is 59.3 Å². The number of amides is 2. The third kappa shape index (κ3) is 7.03. The number of hydrogen-bond acceptors (Lipinski definition) is 10. The molecule has 1 aromatic carbocycles. The third-order valence-electron chi connectivity index (χ3n) is 6.20. The number of benzene rings is 1. The summed E-state index contributed by atoms with van der Waals surface area (Å²) in [6, 6.07) is 4.05.